The summed E-state index contributed by atoms with van der Waals surface area (Å²) in [6.07, 6.45) is 1.58. The molecule has 1 aromatic heterocycles. The van der Waals surface area contributed by atoms with Gasteiger partial charge in [0.05, 0.1) is 12.7 Å². The minimum absolute atomic E-state index is 0.607. The van der Waals surface area contributed by atoms with Crippen LogP contribution in [0.15, 0.2) is 24.4 Å². The highest BCUT2D eigenvalue weighted by molar-refractivity contribution is 5.88. The highest BCUT2D eigenvalue weighted by Gasteiger charge is 2.07. The van der Waals surface area contributed by atoms with E-state index >= 15 is 0 Å². The van der Waals surface area contributed by atoms with Gasteiger partial charge in [0.25, 0.3) is 0 Å². The molecule has 74 valence electrons. The van der Waals surface area contributed by atoms with Crippen molar-refractivity contribution in [3.05, 3.63) is 35.5 Å². The molecule has 0 amide bonds. The van der Waals surface area contributed by atoms with Gasteiger partial charge >= 0.3 is 0 Å². The van der Waals surface area contributed by atoms with Gasteiger partial charge in [0, 0.05) is 11.6 Å². The summed E-state index contributed by atoms with van der Waals surface area (Å²) in [5.41, 5.74) is 2.36. The minimum Gasteiger partial charge on any atom is -0.494 e. The summed E-state index contributed by atoms with van der Waals surface area (Å²) in [6.45, 7) is 1.92. The lowest BCUT2D eigenvalue weighted by atomic mass is 10.1. The predicted molar refractivity (Wildman–Crippen MR) is 57.7 cm³/mol. The molecular weight excluding hydrogens is 188 g/mol. The summed E-state index contributed by atoms with van der Waals surface area (Å²) in [5, 5.41) is 9.85. The average molecular weight is 198 g/mol. The molecule has 0 aliphatic rings. The SMILES string of the molecule is COc1cccc2c(C)c(C#N)cnc12. The van der Waals surface area contributed by atoms with Gasteiger partial charge in [0.15, 0.2) is 0 Å². The Morgan fingerprint density at radius 2 is 2.20 bits per heavy atom. The first-order chi connectivity index (χ1) is 7.27. The molecule has 0 atom stereocenters. The van der Waals surface area contributed by atoms with E-state index in [9.17, 15) is 0 Å². The third kappa shape index (κ3) is 1.40. The molecule has 0 unspecified atom stereocenters. The highest BCUT2D eigenvalue weighted by Crippen LogP contribution is 2.26. The van der Waals surface area contributed by atoms with Gasteiger partial charge in [-0.25, -0.2) is 0 Å². The fourth-order valence-electron chi connectivity index (χ4n) is 1.61. The number of fused-ring (bicyclic) bond motifs is 1. The van der Waals surface area contributed by atoms with Crippen LogP contribution in [-0.4, -0.2) is 12.1 Å². The molecule has 0 N–H and O–H groups in total. The van der Waals surface area contributed by atoms with Gasteiger partial charge < -0.3 is 4.74 Å². The maximum atomic E-state index is 8.88. The summed E-state index contributed by atoms with van der Waals surface area (Å²) in [7, 11) is 1.62. The van der Waals surface area contributed by atoms with E-state index in [2.05, 4.69) is 11.1 Å². The maximum absolute atomic E-state index is 8.88. The van der Waals surface area contributed by atoms with Crippen molar-refractivity contribution >= 4 is 10.9 Å². The van der Waals surface area contributed by atoms with Crippen LogP contribution in [0.25, 0.3) is 10.9 Å². The second-order valence-electron chi connectivity index (χ2n) is 3.27. The Balaban J connectivity index is 2.85. The van der Waals surface area contributed by atoms with Gasteiger partial charge in [-0.1, -0.05) is 12.1 Å². The average Bonchev–Trinajstić information content (AvgIpc) is 2.29. The third-order valence-electron chi connectivity index (χ3n) is 2.47. The second kappa shape index (κ2) is 3.58. The third-order valence-corrected chi connectivity index (χ3v) is 2.47. The van der Waals surface area contributed by atoms with Crippen LogP contribution in [0, 0.1) is 18.3 Å². The van der Waals surface area contributed by atoms with Crippen molar-refractivity contribution < 1.29 is 4.74 Å². The van der Waals surface area contributed by atoms with Crippen molar-refractivity contribution in [2.24, 2.45) is 0 Å². The zero-order valence-electron chi connectivity index (χ0n) is 8.61. The van der Waals surface area contributed by atoms with E-state index in [4.69, 9.17) is 10.00 Å². The van der Waals surface area contributed by atoms with Gasteiger partial charge in [-0.3, -0.25) is 4.98 Å². The van der Waals surface area contributed by atoms with Crippen LogP contribution in [0.1, 0.15) is 11.1 Å². The molecule has 3 heteroatoms. The van der Waals surface area contributed by atoms with Crippen LogP contribution >= 0.6 is 0 Å². The van der Waals surface area contributed by atoms with Gasteiger partial charge in [0.1, 0.15) is 17.3 Å². The summed E-state index contributed by atoms with van der Waals surface area (Å²) in [4.78, 5) is 4.24. The molecule has 0 radical (unpaired) electrons. The van der Waals surface area contributed by atoms with E-state index in [-0.39, 0.29) is 0 Å². The lowest BCUT2D eigenvalue weighted by Gasteiger charge is -2.06. The second-order valence-corrected chi connectivity index (χ2v) is 3.27. The number of hydrogen-bond donors (Lipinski definition) is 0. The van der Waals surface area contributed by atoms with E-state index in [1.54, 1.807) is 13.3 Å². The van der Waals surface area contributed by atoms with Crippen molar-refractivity contribution in [3.8, 4) is 11.8 Å². The van der Waals surface area contributed by atoms with Crippen LogP contribution < -0.4 is 4.74 Å². The topological polar surface area (TPSA) is 45.9 Å². The lowest BCUT2D eigenvalue weighted by molar-refractivity contribution is 0.419. The molecule has 0 saturated heterocycles. The standard InChI is InChI=1S/C12H10N2O/c1-8-9(6-13)7-14-12-10(8)4-3-5-11(12)15-2/h3-5,7H,1-2H3. The van der Waals surface area contributed by atoms with Crippen molar-refractivity contribution in [3.63, 3.8) is 0 Å². The van der Waals surface area contributed by atoms with Gasteiger partial charge in [-0.15, -0.1) is 0 Å². The molecule has 1 heterocycles. The van der Waals surface area contributed by atoms with Crippen LogP contribution in [0.5, 0.6) is 5.75 Å². The van der Waals surface area contributed by atoms with Crippen molar-refractivity contribution in [1.29, 1.82) is 5.26 Å². The first kappa shape index (κ1) is 9.47. The number of methoxy groups -OCH3 is 1. The summed E-state index contributed by atoms with van der Waals surface area (Å²) < 4.78 is 5.21. The molecule has 15 heavy (non-hydrogen) atoms. The Morgan fingerprint density at radius 3 is 2.87 bits per heavy atom. The quantitative estimate of drug-likeness (QED) is 0.706. The van der Waals surface area contributed by atoms with Crippen LogP contribution in [0.4, 0.5) is 0 Å². The largest absolute Gasteiger partial charge is 0.494 e. The first-order valence-corrected chi connectivity index (χ1v) is 4.60. The van der Waals surface area contributed by atoms with E-state index < -0.39 is 0 Å². The molecule has 2 rings (SSSR count). The number of rotatable bonds is 1. The molecule has 1 aromatic carbocycles. The number of aromatic nitrogens is 1. The minimum atomic E-state index is 0.607. The molecule has 0 saturated carbocycles. The van der Waals surface area contributed by atoms with E-state index in [0.29, 0.717) is 5.56 Å². The zero-order chi connectivity index (χ0) is 10.8. The Hall–Kier alpha value is -2.08. The number of ether oxygens (including phenoxy) is 1. The first-order valence-electron chi connectivity index (χ1n) is 4.60. The number of nitriles is 1. The van der Waals surface area contributed by atoms with Crippen molar-refractivity contribution in [2.75, 3.05) is 7.11 Å². The van der Waals surface area contributed by atoms with Crippen LogP contribution in [0.3, 0.4) is 0 Å². The Bertz CT molecular complexity index is 555. The number of hydrogen-bond acceptors (Lipinski definition) is 3. The molecular formula is C12H10N2O. The van der Waals surface area contributed by atoms with Crippen molar-refractivity contribution in [2.45, 2.75) is 6.92 Å². The maximum Gasteiger partial charge on any atom is 0.145 e. The number of benzene rings is 1. The fourth-order valence-corrected chi connectivity index (χ4v) is 1.61. The molecule has 0 spiro atoms. The predicted octanol–water partition coefficient (Wildman–Crippen LogP) is 2.42. The number of pyridine rings is 1. The molecule has 2 aromatic rings. The van der Waals surface area contributed by atoms with E-state index in [1.165, 1.54) is 0 Å². The summed E-state index contributed by atoms with van der Waals surface area (Å²) >= 11 is 0. The Kier molecular flexibility index (Phi) is 2.26. The Labute approximate surface area is 87.9 Å². The van der Waals surface area contributed by atoms with E-state index in [1.807, 2.05) is 25.1 Å². The fraction of sp³-hybridized carbons (Fsp3) is 0.167. The monoisotopic (exact) mass is 198 g/mol. The van der Waals surface area contributed by atoms with E-state index in [0.717, 1.165) is 22.2 Å². The van der Waals surface area contributed by atoms with Gasteiger partial charge in [-0.2, -0.15) is 5.26 Å². The zero-order valence-corrected chi connectivity index (χ0v) is 8.61. The van der Waals surface area contributed by atoms with Crippen LogP contribution in [-0.2, 0) is 0 Å². The Morgan fingerprint density at radius 1 is 1.40 bits per heavy atom. The van der Waals surface area contributed by atoms with Crippen LogP contribution in [0.2, 0.25) is 0 Å². The molecule has 3 nitrogen and oxygen atoms in total. The highest BCUT2D eigenvalue weighted by atomic mass is 16.5. The lowest BCUT2D eigenvalue weighted by Crippen LogP contribution is -1.92. The summed E-state index contributed by atoms with van der Waals surface area (Å²) in [5.74, 6) is 0.736. The summed E-state index contributed by atoms with van der Waals surface area (Å²) in [6, 6.07) is 7.83. The molecule has 0 aliphatic carbocycles. The molecule has 0 fully saturated rings. The van der Waals surface area contributed by atoms with Gasteiger partial charge in [0.2, 0.25) is 0 Å². The van der Waals surface area contributed by atoms with Crippen molar-refractivity contribution in [1.82, 2.24) is 4.98 Å². The number of aryl methyl sites for hydroxylation is 1. The molecule has 0 aliphatic heterocycles. The normalized spacial score (nSPS) is 9.93. The number of nitrogens with zero attached hydrogens (tertiary/aromatic N) is 2. The van der Waals surface area contributed by atoms with Gasteiger partial charge in [-0.05, 0) is 18.6 Å². The smallest absolute Gasteiger partial charge is 0.145 e. The number of para-hydroxylation sites is 1. The molecule has 0 bridgehead atoms.